The van der Waals surface area contributed by atoms with Gasteiger partial charge in [0.25, 0.3) is 0 Å². The molecule has 0 radical (unpaired) electrons. The van der Waals surface area contributed by atoms with Crippen LogP contribution in [0.15, 0.2) is 12.1 Å². The third-order valence-corrected chi connectivity index (χ3v) is 3.90. The Morgan fingerprint density at radius 1 is 1.32 bits per heavy atom. The molecule has 19 heavy (non-hydrogen) atoms. The van der Waals surface area contributed by atoms with Crippen molar-refractivity contribution in [2.45, 2.75) is 56.4 Å². The van der Waals surface area contributed by atoms with Crippen LogP contribution < -0.4 is 0 Å². The first-order valence-corrected chi connectivity index (χ1v) is 7.69. The summed E-state index contributed by atoms with van der Waals surface area (Å²) in [6, 6.07) is 3.96. The van der Waals surface area contributed by atoms with Crippen LogP contribution >= 0.6 is 22.6 Å². The molecule has 1 aromatic carbocycles. The van der Waals surface area contributed by atoms with Gasteiger partial charge >= 0.3 is 0 Å². The summed E-state index contributed by atoms with van der Waals surface area (Å²) in [4.78, 5) is 0. The second-order valence-electron chi connectivity index (χ2n) is 5.67. The number of hydrogen-bond acceptors (Lipinski definition) is 3. The van der Waals surface area contributed by atoms with Gasteiger partial charge in [-0.1, -0.05) is 34.7 Å². The highest BCUT2D eigenvalue weighted by atomic mass is 127. The SMILES string of the molecule is Cc1ccc(C(C)I)c(CO)c1[C@H](O)CC(C)(C)O. The van der Waals surface area contributed by atoms with Gasteiger partial charge in [0.1, 0.15) is 0 Å². The molecule has 0 heterocycles. The van der Waals surface area contributed by atoms with Gasteiger partial charge in [0.2, 0.25) is 0 Å². The molecule has 0 bridgehead atoms. The van der Waals surface area contributed by atoms with Crippen LogP contribution in [0.3, 0.4) is 0 Å². The van der Waals surface area contributed by atoms with Crippen LogP contribution in [0, 0.1) is 6.92 Å². The predicted molar refractivity (Wildman–Crippen MR) is 85.4 cm³/mol. The molecule has 1 aromatic rings. The smallest absolute Gasteiger partial charge is 0.0823 e. The number of aliphatic hydroxyl groups excluding tert-OH is 2. The van der Waals surface area contributed by atoms with E-state index in [-0.39, 0.29) is 17.0 Å². The maximum absolute atomic E-state index is 10.4. The Hall–Kier alpha value is -0.170. The van der Waals surface area contributed by atoms with Crippen LogP contribution in [0.2, 0.25) is 0 Å². The Kier molecular flexibility index (Phi) is 5.79. The summed E-state index contributed by atoms with van der Waals surface area (Å²) in [5.74, 6) is 0. The van der Waals surface area contributed by atoms with Crippen molar-refractivity contribution in [1.82, 2.24) is 0 Å². The summed E-state index contributed by atoms with van der Waals surface area (Å²) < 4.78 is 0.258. The lowest BCUT2D eigenvalue weighted by molar-refractivity contribution is 0.0170. The molecule has 0 aromatic heterocycles. The summed E-state index contributed by atoms with van der Waals surface area (Å²) in [5.41, 5.74) is 2.59. The quantitative estimate of drug-likeness (QED) is 0.545. The molecule has 0 aliphatic rings. The lowest BCUT2D eigenvalue weighted by Gasteiger charge is -2.26. The van der Waals surface area contributed by atoms with Gasteiger partial charge in [0.05, 0.1) is 18.3 Å². The fourth-order valence-corrected chi connectivity index (χ4v) is 2.97. The number of alkyl halides is 1. The number of benzene rings is 1. The largest absolute Gasteiger partial charge is 0.392 e. The van der Waals surface area contributed by atoms with Crippen molar-refractivity contribution in [2.24, 2.45) is 0 Å². The Bertz CT molecular complexity index is 436. The van der Waals surface area contributed by atoms with Gasteiger partial charge in [-0.25, -0.2) is 0 Å². The molecule has 0 amide bonds. The van der Waals surface area contributed by atoms with Crippen molar-refractivity contribution in [3.8, 4) is 0 Å². The summed E-state index contributed by atoms with van der Waals surface area (Å²) in [6.45, 7) is 7.23. The first-order valence-electron chi connectivity index (χ1n) is 6.45. The average Bonchev–Trinajstić information content (AvgIpc) is 2.25. The first kappa shape index (κ1) is 16.9. The molecule has 1 rings (SSSR count). The zero-order valence-corrected chi connectivity index (χ0v) is 14.1. The van der Waals surface area contributed by atoms with Crippen molar-refractivity contribution in [2.75, 3.05) is 0 Å². The average molecular weight is 378 g/mol. The van der Waals surface area contributed by atoms with Gasteiger partial charge < -0.3 is 15.3 Å². The van der Waals surface area contributed by atoms with Crippen LogP contribution in [-0.2, 0) is 6.61 Å². The molecule has 0 saturated carbocycles. The first-order chi connectivity index (χ1) is 8.67. The Morgan fingerprint density at radius 3 is 2.32 bits per heavy atom. The number of halogens is 1. The molecule has 3 nitrogen and oxygen atoms in total. The molecule has 0 fully saturated rings. The van der Waals surface area contributed by atoms with E-state index in [2.05, 4.69) is 29.5 Å². The minimum Gasteiger partial charge on any atom is -0.392 e. The summed E-state index contributed by atoms with van der Waals surface area (Å²) in [5, 5.41) is 29.9. The van der Waals surface area contributed by atoms with E-state index < -0.39 is 11.7 Å². The number of hydrogen-bond donors (Lipinski definition) is 3. The minimum absolute atomic E-state index is 0.0946. The third kappa shape index (κ3) is 4.41. The van der Waals surface area contributed by atoms with Crippen molar-refractivity contribution in [1.29, 1.82) is 0 Å². The summed E-state index contributed by atoms with van der Waals surface area (Å²) >= 11 is 2.30. The normalized spacial score (nSPS) is 15.4. The van der Waals surface area contributed by atoms with E-state index in [1.54, 1.807) is 13.8 Å². The van der Waals surface area contributed by atoms with E-state index in [4.69, 9.17) is 0 Å². The predicted octanol–water partition coefficient (Wildman–Crippen LogP) is 3.18. The molecule has 2 atom stereocenters. The lowest BCUT2D eigenvalue weighted by Crippen LogP contribution is -2.23. The fraction of sp³-hybridized carbons (Fsp3) is 0.600. The van der Waals surface area contributed by atoms with Gasteiger partial charge in [0, 0.05) is 10.3 Å². The number of aliphatic hydroxyl groups is 3. The molecule has 0 spiro atoms. The molecule has 0 saturated heterocycles. The maximum Gasteiger partial charge on any atom is 0.0823 e. The molecule has 108 valence electrons. The number of aryl methyl sites for hydroxylation is 1. The van der Waals surface area contributed by atoms with E-state index in [0.717, 1.165) is 22.3 Å². The lowest BCUT2D eigenvalue weighted by atomic mass is 9.87. The molecular formula is C15H23IO3. The highest BCUT2D eigenvalue weighted by Gasteiger charge is 2.24. The van der Waals surface area contributed by atoms with Crippen LogP contribution in [-0.4, -0.2) is 20.9 Å². The topological polar surface area (TPSA) is 60.7 Å². The summed E-state index contributed by atoms with van der Waals surface area (Å²) in [6.07, 6.45) is -0.517. The van der Waals surface area contributed by atoms with E-state index in [0.29, 0.717) is 0 Å². The monoisotopic (exact) mass is 378 g/mol. The Labute approximate surface area is 128 Å². The van der Waals surface area contributed by atoms with E-state index in [1.807, 2.05) is 19.1 Å². The standard InChI is InChI=1S/C15H23IO3/c1-9-5-6-11(10(2)16)12(8-17)14(9)13(18)7-15(3,4)19/h5-6,10,13,17-19H,7-8H2,1-4H3/t10?,13-/m1/s1. The van der Waals surface area contributed by atoms with Crippen LogP contribution in [0.1, 0.15) is 59.5 Å². The van der Waals surface area contributed by atoms with Crippen LogP contribution in [0.4, 0.5) is 0 Å². The van der Waals surface area contributed by atoms with E-state index in [1.165, 1.54) is 0 Å². The highest BCUT2D eigenvalue weighted by molar-refractivity contribution is 14.1. The van der Waals surface area contributed by atoms with Crippen molar-refractivity contribution < 1.29 is 15.3 Å². The molecule has 0 aliphatic heterocycles. The fourth-order valence-electron chi connectivity index (χ4n) is 2.39. The van der Waals surface area contributed by atoms with Crippen molar-refractivity contribution in [3.05, 3.63) is 34.4 Å². The summed E-state index contributed by atoms with van der Waals surface area (Å²) in [7, 11) is 0. The molecule has 4 heteroatoms. The van der Waals surface area contributed by atoms with Crippen molar-refractivity contribution >= 4 is 22.6 Å². The van der Waals surface area contributed by atoms with Gasteiger partial charge in [-0.3, -0.25) is 0 Å². The van der Waals surface area contributed by atoms with Crippen molar-refractivity contribution in [3.63, 3.8) is 0 Å². The van der Waals surface area contributed by atoms with Crippen LogP contribution in [0.25, 0.3) is 0 Å². The third-order valence-electron chi connectivity index (χ3n) is 3.22. The zero-order chi connectivity index (χ0) is 14.8. The molecule has 3 N–H and O–H groups in total. The van der Waals surface area contributed by atoms with Gasteiger partial charge in [0.15, 0.2) is 0 Å². The highest BCUT2D eigenvalue weighted by Crippen LogP contribution is 2.35. The maximum atomic E-state index is 10.4. The van der Waals surface area contributed by atoms with E-state index in [9.17, 15) is 15.3 Å². The van der Waals surface area contributed by atoms with Gasteiger partial charge in [-0.15, -0.1) is 0 Å². The van der Waals surface area contributed by atoms with E-state index >= 15 is 0 Å². The molecule has 0 aliphatic carbocycles. The van der Waals surface area contributed by atoms with Gasteiger partial charge in [-0.05, 0) is 49.9 Å². The molecule has 1 unspecified atom stereocenters. The Morgan fingerprint density at radius 2 is 1.89 bits per heavy atom. The van der Waals surface area contributed by atoms with Crippen LogP contribution in [0.5, 0.6) is 0 Å². The minimum atomic E-state index is -0.940. The Balaban J connectivity index is 3.28. The number of rotatable bonds is 5. The molecular weight excluding hydrogens is 355 g/mol. The second-order valence-corrected chi connectivity index (χ2v) is 7.54. The van der Waals surface area contributed by atoms with Gasteiger partial charge in [-0.2, -0.15) is 0 Å². The second kappa shape index (κ2) is 6.52. The zero-order valence-electron chi connectivity index (χ0n) is 11.9.